The van der Waals surface area contributed by atoms with Crippen LogP contribution in [0.15, 0.2) is 24.5 Å². The lowest BCUT2D eigenvalue weighted by molar-refractivity contribution is 0.165. The molecule has 0 aromatic carbocycles. The molecule has 0 bridgehead atoms. The molecule has 59 valence electrons. The molecular weight excluding hydrogens is 142 g/mol. The summed E-state index contributed by atoms with van der Waals surface area (Å²) in [7, 11) is 0. The van der Waals surface area contributed by atoms with Crippen LogP contribution in [0.1, 0.15) is 6.42 Å². The summed E-state index contributed by atoms with van der Waals surface area (Å²) in [6.45, 7) is 0.415. The van der Waals surface area contributed by atoms with Crippen molar-refractivity contribution in [2.75, 3.05) is 13.2 Å². The standard InChI is InChI=1S/C8H10NO2/c10-6-1-7-11-8-2-4-9-5-3-8/h2-5H,1,6-7H2. The summed E-state index contributed by atoms with van der Waals surface area (Å²) in [4.78, 5) is 3.83. The average molecular weight is 152 g/mol. The molecular formula is C8H10NO2. The smallest absolute Gasteiger partial charge is 0.122 e. The van der Waals surface area contributed by atoms with Crippen LogP contribution in [-0.2, 0) is 5.11 Å². The van der Waals surface area contributed by atoms with Gasteiger partial charge < -0.3 is 4.74 Å². The number of hydrogen-bond acceptors (Lipinski definition) is 2. The van der Waals surface area contributed by atoms with Gasteiger partial charge in [-0.05, 0) is 12.1 Å². The fourth-order valence-corrected chi connectivity index (χ4v) is 0.683. The largest absolute Gasteiger partial charge is 0.493 e. The molecule has 0 spiro atoms. The van der Waals surface area contributed by atoms with Gasteiger partial charge in [-0.1, -0.05) is 0 Å². The van der Waals surface area contributed by atoms with Crippen LogP contribution in [0.4, 0.5) is 0 Å². The Bertz CT molecular complexity index is 189. The Morgan fingerprint density at radius 1 is 1.36 bits per heavy atom. The van der Waals surface area contributed by atoms with Gasteiger partial charge in [-0.2, -0.15) is 0 Å². The summed E-state index contributed by atoms with van der Waals surface area (Å²) in [5.74, 6) is 0.772. The van der Waals surface area contributed by atoms with Crippen molar-refractivity contribution in [3.8, 4) is 5.75 Å². The molecule has 11 heavy (non-hydrogen) atoms. The maximum Gasteiger partial charge on any atom is 0.122 e. The molecule has 1 aromatic rings. The van der Waals surface area contributed by atoms with Gasteiger partial charge in [0.15, 0.2) is 0 Å². The predicted molar refractivity (Wildman–Crippen MR) is 39.9 cm³/mol. The zero-order chi connectivity index (χ0) is 7.94. The van der Waals surface area contributed by atoms with Crippen molar-refractivity contribution < 1.29 is 9.84 Å². The number of hydrogen-bond donors (Lipinski definition) is 0. The maximum absolute atomic E-state index is 10.0. The summed E-state index contributed by atoms with van der Waals surface area (Å²) in [6, 6.07) is 3.54. The van der Waals surface area contributed by atoms with Gasteiger partial charge in [0, 0.05) is 18.8 Å². The molecule has 0 aliphatic rings. The third kappa shape index (κ3) is 3.00. The molecule has 3 nitrogen and oxygen atoms in total. The lowest BCUT2D eigenvalue weighted by atomic mass is 10.4. The van der Waals surface area contributed by atoms with E-state index in [4.69, 9.17) is 4.74 Å². The van der Waals surface area contributed by atoms with E-state index in [2.05, 4.69) is 4.98 Å². The molecule has 0 aliphatic heterocycles. The van der Waals surface area contributed by atoms with Crippen LogP contribution in [0.5, 0.6) is 5.75 Å². The summed E-state index contributed by atoms with van der Waals surface area (Å²) < 4.78 is 5.21. The molecule has 3 heteroatoms. The van der Waals surface area contributed by atoms with Gasteiger partial charge in [-0.25, -0.2) is 5.11 Å². The molecule has 0 aliphatic carbocycles. The Labute approximate surface area is 65.7 Å². The first-order valence-corrected chi connectivity index (χ1v) is 3.54. The van der Waals surface area contributed by atoms with Crippen molar-refractivity contribution in [3.63, 3.8) is 0 Å². The van der Waals surface area contributed by atoms with E-state index >= 15 is 0 Å². The fourth-order valence-electron chi connectivity index (χ4n) is 0.683. The van der Waals surface area contributed by atoms with E-state index in [0.717, 1.165) is 5.75 Å². The molecule has 0 atom stereocenters. The third-order valence-electron chi connectivity index (χ3n) is 1.21. The maximum atomic E-state index is 10.0. The fraction of sp³-hybridized carbons (Fsp3) is 0.375. The van der Waals surface area contributed by atoms with Crippen molar-refractivity contribution in [1.82, 2.24) is 4.98 Å². The number of aromatic nitrogens is 1. The van der Waals surface area contributed by atoms with Gasteiger partial charge in [0.25, 0.3) is 0 Å². The van der Waals surface area contributed by atoms with Crippen LogP contribution in [0.3, 0.4) is 0 Å². The molecule has 0 saturated carbocycles. The van der Waals surface area contributed by atoms with Crippen molar-refractivity contribution in [2.45, 2.75) is 6.42 Å². The first-order chi connectivity index (χ1) is 5.43. The van der Waals surface area contributed by atoms with Crippen LogP contribution in [-0.4, -0.2) is 18.2 Å². The summed E-state index contributed by atoms with van der Waals surface area (Å²) in [5, 5.41) is 10.0. The molecule has 0 unspecified atom stereocenters. The monoisotopic (exact) mass is 152 g/mol. The molecule has 0 fully saturated rings. The van der Waals surface area contributed by atoms with Gasteiger partial charge in [0.05, 0.1) is 13.2 Å². The SMILES string of the molecule is [O]CCCOc1ccncc1. The second-order valence-corrected chi connectivity index (χ2v) is 2.09. The molecule has 1 radical (unpaired) electrons. The Balaban J connectivity index is 2.28. The highest BCUT2D eigenvalue weighted by Crippen LogP contribution is 2.06. The van der Waals surface area contributed by atoms with Crippen LogP contribution in [0.25, 0.3) is 0 Å². The average Bonchev–Trinajstić information content (AvgIpc) is 2.07. The number of nitrogens with zero attached hydrogens (tertiary/aromatic N) is 1. The molecule has 0 amide bonds. The Morgan fingerprint density at radius 2 is 2.09 bits per heavy atom. The van der Waals surface area contributed by atoms with Gasteiger partial charge in [-0.15, -0.1) is 0 Å². The lowest BCUT2D eigenvalue weighted by Crippen LogP contribution is -1.98. The lowest BCUT2D eigenvalue weighted by Gasteiger charge is -2.02. The Kier molecular flexibility index (Phi) is 3.41. The van der Waals surface area contributed by atoms with Gasteiger partial charge >= 0.3 is 0 Å². The van der Waals surface area contributed by atoms with Crippen LogP contribution in [0, 0.1) is 0 Å². The zero-order valence-electron chi connectivity index (χ0n) is 6.19. The van der Waals surface area contributed by atoms with E-state index < -0.39 is 0 Å². The van der Waals surface area contributed by atoms with Crippen molar-refractivity contribution >= 4 is 0 Å². The van der Waals surface area contributed by atoms with E-state index in [-0.39, 0.29) is 6.61 Å². The van der Waals surface area contributed by atoms with E-state index in [0.29, 0.717) is 13.0 Å². The van der Waals surface area contributed by atoms with Gasteiger partial charge in [-0.3, -0.25) is 4.98 Å². The first kappa shape index (κ1) is 8.01. The van der Waals surface area contributed by atoms with E-state index in [1.54, 1.807) is 24.5 Å². The highest BCUT2D eigenvalue weighted by molar-refractivity contribution is 5.16. The van der Waals surface area contributed by atoms with Crippen LogP contribution < -0.4 is 4.74 Å². The molecule has 0 N–H and O–H groups in total. The number of rotatable bonds is 4. The van der Waals surface area contributed by atoms with Gasteiger partial charge in [0.1, 0.15) is 5.75 Å². The Hall–Kier alpha value is -1.09. The van der Waals surface area contributed by atoms with E-state index in [9.17, 15) is 5.11 Å². The highest BCUT2D eigenvalue weighted by Gasteiger charge is 1.89. The van der Waals surface area contributed by atoms with Crippen LogP contribution >= 0.6 is 0 Å². The molecule has 1 aromatic heterocycles. The summed E-state index contributed by atoms with van der Waals surface area (Å²) >= 11 is 0. The summed E-state index contributed by atoms with van der Waals surface area (Å²) in [5.41, 5.74) is 0. The molecule has 0 saturated heterocycles. The van der Waals surface area contributed by atoms with Crippen molar-refractivity contribution in [3.05, 3.63) is 24.5 Å². The zero-order valence-corrected chi connectivity index (χ0v) is 6.19. The minimum absolute atomic E-state index is 0.0783. The third-order valence-corrected chi connectivity index (χ3v) is 1.21. The minimum Gasteiger partial charge on any atom is -0.493 e. The summed E-state index contributed by atoms with van der Waals surface area (Å²) in [6.07, 6.45) is 3.88. The quantitative estimate of drug-likeness (QED) is 0.610. The highest BCUT2D eigenvalue weighted by atomic mass is 16.5. The van der Waals surface area contributed by atoms with Crippen molar-refractivity contribution in [2.24, 2.45) is 0 Å². The number of ether oxygens (including phenoxy) is 1. The predicted octanol–water partition coefficient (Wildman–Crippen LogP) is 1.28. The normalized spacial score (nSPS) is 9.55. The van der Waals surface area contributed by atoms with Crippen molar-refractivity contribution in [1.29, 1.82) is 0 Å². The van der Waals surface area contributed by atoms with Crippen LogP contribution in [0.2, 0.25) is 0 Å². The minimum atomic E-state index is -0.0783. The first-order valence-electron chi connectivity index (χ1n) is 3.54. The van der Waals surface area contributed by atoms with Gasteiger partial charge in [0.2, 0.25) is 0 Å². The molecule has 1 heterocycles. The topological polar surface area (TPSA) is 42.0 Å². The van der Waals surface area contributed by atoms with E-state index in [1.807, 2.05) is 0 Å². The Morgan fingerprint density at radius 3 is 2.73 bits per heavy atom. The number of pyridine rings is 1. The second kappa shape index (κ2) is 4.68. The molecule has 1 rings (SSSR count). The van der Waals surface area contributed by atoms with E-state index in [1.165, 1.54) is 0 Å². The second-order valence-electron chi connectivity index (χ2n) is 2.09.